The Balaban J connectivity index is 1.83. The van der Waals surface area contributed by atoms with Gasteiger partial charge >= 0.3 is 0 Å². The molecule has 1 saturated heterocycles. The molecule has 5 nitrogen and oxygen atoms in total. The summed E-state index contributed by atoms with van der Waals surface area (Å²) in [6.07, 6.45) is 2.66. The Morgan fingerprint density at radius 1 is 1.26 bits per heavy atom. The van der Waals surface area contributed by atoms with Crippen molar-refractivity contribution in [3.8, 4) is 0 Å². The van der Waals surface area contributed by atoms with Crippen molar-refractivity contribution in [2.75, 3.05) is 26.7 Å². The number of likely N-dealkylation sites (tertiary alicyclic amines) is 1. The summed E-state index contributed by atoms with van der Waals surface area (Å²) >= 11 is 1.75. The van der Waals surface area contributed by atoms with Crippen LogP contribution in [0.2, 0.25) is 0 Å². The summed E-state index contributed by atoms with van der Waals surface area (Å²) in [5.41, 5.74) is 1.13. The summed E-state index contributed by atoms with van der Waals surface area (Å²) in [6.45, 7) is 12.9. The number of aryl methyl sites for hydroxylation is 2. The van der Waals surface area contributed by atoms with Crippen molar-refractivity contribution in [3.63, 3.8) is 0 Å². The Bertz CT molecular complexity index is 498. The fourth-order valence-electron chi connectivity index (χ4n) is 3.06. The molecular weight excluding hydrogens is 306 g/mol. The van der Waals surface area contributed by atoms with Gasteiger partial charge in [-0.15, -0.1) is 11.3 Å². The zero-order chi connectivity index (χ0) is 16.8. The minimum absolute atomic E-state index is 0.570. The van der Waals surface area contributed by atoms with E-state index in [1.807, 2.05) is 7.05 Å². The van der Waals surface area contributed by atoms with Crippen molar-refractivity contribution >= 4 is 17.3 Å². The second-order valence-electron chi connectivity index (χ2n) is 6.61. The van der Waals surface area contributed by atoms with Crippen LogP contribution in [0.3, 0.4) is 0 Å². The number of aromatic nitrogens is 1. The first-order valence-electron chi connectivity index (χ1n) is 8.62. The molecule has 130 valence electrons. The molecule has 1 atom stereocenters. The number of hydrogen-bond acceptors (Lipinski definition) is 4. The van der Waals surface area contributed by atoms with Gasteiger partial charge in [-0.25, -0.2) is 4.98 Å². The van der Waals surface area contributed by atoms with Crippen molar-refractivity contribution in [2.24, 2.45) is 10.9 Å². The Labute approximate surface area is 144 Å². The van der Waals surface area contributed by atoms with Crippen LogP contribution in [0, 0.1) is 19.8 Å². The topological polar surface area (TPSA) is 52.6 Å². The van der Waals surface area contributed by atoms with E-state index in [0.717, 1.165) is 29.8 Å². The summed E-state index contributed by atoms with van der Waals surface area (Å²) in [7, 11) is 1.83. The van der Waals surface area contributed by atoms with E-state index in [2.05, 4.69) is 53.2 Å². The Morgan fingerprint density at radius 2 is 1.96 bits per heavy atom. The highest BCUT2D eigenvalue weighted by molar-refractivity contribution is 7.11. The van der Waals surface area contributed by atoms with Crippen LogP contribution in [0.15, 0.2) is 4.99 Å². The van der Waals surface area contributed by atoms with Crippen molar-refractivity contribution in [2.45, 2.75) is 53.1 Å². The van der Waals surface area contributed by atoms with E-state index < -0.39 is 0 Å². The first-order chi connectivity index (χ1) is 11.0. The molecule has 0 aliphatic carbocycles. The molecule has 1 unspecified atom stereocenters. The quantitative estimate of drug-likeness (QED) is 0.619. The molecule has 0 aromatic carbocycles. The molecule has 23 heavy (non-hydrogen) atoms. The fraction of sp³-hybridized carbons (Fsp3) is 0.765. The third-order valence-electron chi connectivity index (χ3n) is 4.56. The smallest absolute Gasteiger partial charge is 0.191 e. The highest BCUT2D eigenvalue weighted by Gasteiger charge is 2.24. The van der Waals surface area contributed by atoms with Crippen LogP contribution < -0.4 is 10.6 Å². The molecule has 1 fully saturated rings. The highest BCUT2D eigenvalue weighted by Crippen LogP contribution is 2.17. The van der Waals surface area contributed by atoms with Crippen LogP contribution in [0.1, 0.15) is 42.3 Å². The van der Waals surface area contributed by atoms with E-state index in [-0.39, 0.29) is 0 Å². The molecule has 0 spiro atoms. The normalized spacial score (nSPS) is 17.7. The molecule has 2 heterocycles. The molecular formula is C17H31N5S. The Hall–Kier alpha value is -1.14. The van der Waals surface area contributed by atoms with Crippen LogP contribution >= 0.6 is 11.3 Å². The Morgan fingerprint density at radius 3 is 2.48 bits per heavy atom. The number of nitrogens with one attached hydrogen (secondary N) is 2. The van der Waals surface area contributed by atoms with Crippen molar-refractivity contribution in [3.05, 3.63) is 15.6 Å². The van der Waals surface area contributed by atoms with Crippen molar-refractivity contribution < 1.29 is 0 Å². The molecule has 0 amide bonds. The summed E-state index contributed by atoms with van der Waals surface area (Å²) in [4.78, 5) is 12.8. The van der Waals surface area contributed by atoms with Crippen LogP contribution in [-0.4, -0.2) is 48.6 Å². The molecule has 2 N–H and O–H groups in total. The zero-order valence-corrected chi connectivity index (χ0v) is 16.0. The van der Waals surface area contributed by atoms with Crippen molar-refractivity contribution in [1.29, 1.82) is 0 Å². The van der Waals surface area contributed by atoms with Gasteiger partial charge in [-0.2, -0.15) is 0 Å². The third kappa shape index (κ3) is 5.18. The van der Waals surface area contributed by atoms with Gasteiger partial charge < -0.3 is 10.6 Å². The number of nitrogens with zero attached hydrogens (tertiary/aromatic N) is 3. The summed E-state index contributed by atoms with van der Waals surface area (Å²) in [5.74, 6) is 1.50. The van der Waals surface area contributed by atoms with E-state index >= 15 is 0 Å². The average Bonchev–Trinajstić information content (AvgIpc) is 3.13. The van der Waals surface area contributed by atoms with Gasteiger partial charge in [0.1, 0.15) is 5.01 Å². The molecule has 0 bridgehead atoms. The van der Waals surface area contributed by atoms with E-state index in [1.54, 1.807) is 11.3 Å². The van der Waals surface area contributed by atoms with Crippen molar-refractivity contribution in [1.82, 2.24) is 20.5 Å². The lowest BCUT2D eigenvalue weighted by Gasteiger charge is -2.31. The van der Waals surface area contributed by atoms with Gasteiger partial charge in [0.25, 0.3) is 0 Å². The molecule has 0 saturated carbocycles. The van der Waals surface area contributed by atoms with Gasteiger partial charge in [0.15, 0.2) is 5.96 Å². The average molecular weight is 338 g/mol. The minimum atomic E-state index is 0.570. The summed E-state index contributed by atoms with van der Waals surface area (Å²) < 4.78 is 0. The SMILES string of the molecule is CN=C(NCc1nc(C)c(C)s1)NCC(C(C)C)N1CCCC1. The lowest BCUT2D eigenvalue weighted by atomic mass is 10.0. The second-order valence-corrected chi connectivity index (χ2v) is 7.90. The molecule has 1 aromatic rings. The highest BCUT2D eigenvalue weighted by atomic mass is 32.1. The van der Waals surface area contributed by atoms with Crippen LogP contribution in [0.4, 0.5) is 0 Å². The van der Waals surface area contributed by atoms with Crippen LogP contribution in [0.5, 0.6) is 0 Å². The zero-order valence-electron chi connectivity index (χ0n) is 15.1. The summed E-state index contributed by atoms with van der Waals surface area (Å²) in [5, 5.41) is 7.99. The molecule has 1 aromatic heterocycles. The Kier molecular flexibility index (Phi) is 6.84. The van der Waals surface area contributed by atoms with Gasteiger partial charge in [-0.3, -0.25) is 9.89 Å². The number of hydrogen-bond donors (Lipinski definition) is 2. The monoisotopic (exact) mass is 337 g/mol. The van der Waals surface area contributed by atoms with E-state index in [9.17, 15) is 0 Å². The lowest BCUT2D eigenvalue weighted by Crippen LogP contribution is -2.48. The minimum Gasteiger partial charge on any atom is -0.355 e. The summed E-state index contributed by atoms with van der Waals surface area (Å²) in [6, 6.07) is 0.570. The van der Waals surface area contributed by atoms with E-state index in [4.69, 9.17) is 0 Å². The molecule has 0 radical (unpaired) electrons. The third-order valence-corrected chi connectivity index (χ3v) is 5.63. The van der Waals surface area contributed by atoms with Gasteiger partial charge in [-0.05, 0) is 45.7 Å². The standard InChI is InChI=1S/C17H31N5S/c1-12(2)15(22-8-6-7-9-22)10-19-17(18-5)20-11-16-21-13(3)14(4)23-16/h12,15H,6-11H2,1-5H3,(H2,18,19,20). The fourth-order valence-corrected chi connectivity index (χ4v) is 3.93. The van der Waals surface area contributed by atoms with Gasteiger partial charge in [-0.1, -0.05) is 13.8 Å². The molecule has 1 aliphatic rings. The lowest BCUT2D eigenvalue weighted by molar-refractivity contribution is 0.192. The first-order valence-corrected chi connectivity index (χ1v) is 9.44. The van der Waals surface area contributed by atoms with Gasteiger partial charge in [0.2, 0.25) is 0 Å². The predicted octanol–water partition coefficient (Wildman–Crippen LogP) is 2.55. The van der Waals surface area contributed by atoms with E-state index in [1.165, 1.54) is 30.8 Å². The number of rotatable bonds is 6. The second kappa shape index (κ2) is 8.64. The van der Waals surface area contributed by atoms with Crippen LogP contribution in [0.25, 0.3) is 0 Å². The molecule has 1 aliphatic heterocycles. The number of guanidine groups is 1. The van der Waals surface area contributed by atoms with Gasteiger partial charge in [0.05, 0.1) is 12.2 Å². The van der Waals surface area contributed by atoms with Gasteiger partial charge in [0, 0.05) is 24.5 Å². The van der Waals surface area contributed by atoms with Crippen LogP contribution in [-0.2, 0) is 6.54 Å². The maximum absolute atomic E-state index is 4.57. The molecule has 6 heteroatoms. The maximum atomic E-state index is 4.57. The number of aliphatic imine (C=N–C) groups is 1. The van der Waals surface area contributed by atoms with E-state index in [0.29, 0.717) is 12.0 Å². The maximum Gasteiger partial charge on any atom is 0.191 e. The number of thiazole rings is 1. The largest absolute Gasteiger partial charge is 0.355 e. The predicted molar refractivity (Wildman–Crippen MR) is 99.2 cm³/mol. The molecule has 2 rings (SSSR count). The first kappa shape index (κ1) is 18.2.